The number of hydrogen-bond donors (Lipinski definition) is 0. The average Bonchev–Trinajstić information content (AvgIpc) is 2.46. The van der Waals surface area contributed by atoms with E-state index in [1.54, 1.807) is 0 Å². The predicted octanol–water partition coefficient (Wildman–Crippen LogP) is 3.97. The molecule has 1 spiro atoms. The van der Waals surface area contributed by atoms with Crippen molar-refractivity contribution >= 4 is 6.21 Å². The number of nitrogens with zero attached hydrogens (tertiary/aromatic N) is 1. The normalized spacial score (nSPS) is 35.3. The number of aliphatic imine (C=N–C) groups is 1. The zero-order valence-corrected chi connectivity index (χ0v) is 9.68. The molecule has 1 atom stereocenters. The van der Waals surface area contributed by atoms with Gasteiger partial charge in [-0.3, -0.25) is 4.99 Å². The number of hydrogen-bond acceptors (Lipinski definition) is 1. The molecule has 0 bridgehead atoms. The van der Waals surface area contributed by atoms with Crippen LogP contribution < -0.4 is 0 Å². The van der Waals surface area contributed by atoms with Crippen LogP contribution in [0.2, 0.25) is 0 Å². The van der Waals surface area contributed by atoms with Gasteiger partial charge in [0, 0.05) is 11.6 Å². The fraction of sp³-hybridized carbons (Fsp3) is 0.923. The van der Waals surface area contributed by atoms with Crippen molar-refractivity contribution in [3.63, 3.8) is 0 Å². The van der Waals surface area contributed by atoms with E-state index in [9.17, 15) is 0 Å². The van der Waals surface area contributed by atoms with Gasteiger partial charge >= 0.3 is 0 Å². The van der Waals surface area contributed by atoms with Crippen LogP contribution in [-0.2, 0) is 0 Å². The van der Waals surface area contributed by atoms with Gasteiger partial charge in [-0.25, -0.2) is 0 Å². The van der Waals surface area contributed by atoms with Crippen molar-refractivity contribution in [2.75, 3.05) is 0 Å². The maximum atomic E-state index is 4.81. The van der Waals surface area contributed by atoms with E-state index in [2.05, 4.69) is 20.1 Å². The molecular weight excluding hydrogens is 170 g/mol. The molecule has 1 fully saturated rings. The molecule has 2 aliphatic rings. The van der Waals surface area contributed by atoms with Crippen LogP contribution in [0.1, 0.15) is 65.2 Å². The highest BCUT2D eigenvalue weighted by Crippen LogP contribution is 2.53. The Hall–Kier alpha value is -0.330. The SMILES string of the molecule is CCCC1(C)N=CCC12CCCCC2. The molecule has 1 aliphatic heterocycles. The topological polar surface area (TPSA) is 12.4 Å². The predicted molar refractivity (Wildman–Crippen MR) is 61.9 cm³/mol. The second-order valence-corrected chi connectivity index (χ2v) is 5.38. The average molecular weight is 193 g/mol. The van der Waals surface area contributed by atoms with Crippen LogP contribution in [0.25, 0.3) is 0 Å². The first-order valence-corrected chi connectivity index (χ1v) is 6.26. The summed E-state index contributed by atoms with van der Waals surface area (Å²) in [7, 11) is 0. The van der Waals surface area contributed by atoms with E-state index in [-0.39, 0.29) is 5.54 Å². The Labute approximate surface area is 88.0 Å². The molecular formula is C13H23N. The van der Waals surface area contributed by atoms with Gasteiger partial charge in [0.15, 0.2) is 0 Å². The van der Waals surface area contributed by atoms with Crippen LogP contribution in [-0.4, -0.2) is 11.8 Å². The van der Waals surface area contributed by atoms with E-state index in [1.165, 1.54) is 51.4 Å². The Morgan fingerprint density at radius 1 is 1.21 bits per heavy atom. The minimum absolute atomic E-state index is 0.280. The molecule has 14 heavy (non-hydrogen) atoms. The molecule has 2 rings (SSSR count). The van der Waals surface area contributed by atoms with E-state index >= 15 is 0 Å². The second kappa shape index (κ2) is 3.67. The highest BCUT2D eigenvalue weighted by atomic mass is 14.9. The molecule has 0 aromatic heterocycles. The zero-order chi connectivity index (χ0) is 10.1. The second-order valence-electron chi connectivity index (χ2n) is 5.38. The molecule has 0 saturated heterocycles. The quantitative estimate of drug-likeness (QED) is 0.629. The van der Waals surface area contributed by atoms with Crippen molar-refractivity contribution in [1.82, 2.24) is 0 Å². The van der Waals surface area contributed by atoms with Crippen molar-refractivity contribution in [3.05, 3.63) is 0 Å². The van der Waals surface area contributed by atoms with Gasteiger partial charge in [-0.1, -0.05) is 32.6 Å². The lowest BCUT2D eigenvalue weighted by atomic mass is 9.61. The smallest absolute Gasteiger partial charge is 0.0635 e. The lowest BCUT2D eigenvalue weighted by Gasteiger charge is -2.45. The molecule has 1 unspecified atom stereocenters. The van der Waals surface area contributed by atoms with Crippen LogP contribution in [0.15, 0.2) is 4.99 Å². The van der Waals surface area contributed by atoms with Gasteiger partial charge in [0.05, 0.1) is 5.54 Å². The lowest BCUT2D eigenvalue weighted by molar-refractivity contribution is 0.0961. The summed E-state index contributed by atoms with van der Waals surface area (Å²) in [4.78, 5) is 4.81. The van der Waals surface area contributed by atoms with Gasteiger partial charge in [-0.05, 0) is 32.6 Å². The molecule has 1 aliphatic carbocycles. The van der Waals surface area contributed by atoms with Gasteiger partial charge < -0.3 is 0 Å². The van der Waals surface area contributed by atoms with Crippen LogP contribution in [0.4, 0.5) is 0 Å². The van der Waals surface area contributed by atoms with Crippen molar-refractivity contribution in [1.29, 1.82) is 0 Å². The van der Waals surface area contributed by atoms with Crippen LogP contribution in [0, 0.1) is 5.41 Å². The van der Waals surface area contributed by atoms with Gasteiger partial charge in [0.2, 0.25) is 0 Å². The van der Waals surface area contributed by atoms with Crippen LogP contribution in [0.3, 0.4) is 0 Å². The van der Waals surface area contributed by atoms with Gasteiger partial charge in [-0.15, -0.1) is 0 Å². The molecule has 0 aromatic rings. The molecule has 0 aromatic carbocycles. The fourth-order valence-corrected chi connectivity index (χ4v) is 3.57. The maximum Gasteiger partial charge on any atom is 0.0635 e. The molecule has 80 valence electrons. The van der Waals surface area contributed by atoms with E-state index < -0.39 is 0 Å². The zero-order valence-electron chi connectivity index (χ0n) is 9.68. The molecule has 1 heterocycles. The minimum Gasteiger partial charge on any atom is -0.291 e. The van der Waals surface area contributed by atoms with Gasteiger partial charge in [-0.2, -0.15) is 0 Å². The highest BCUT2D eigenvalue weighted by Gasteiger charge is 2.49. The van der Waals surface area contributed by atoms with Crippen molar-refractivity contribution in [2.45, 2.75) is 70.8 Å². The first-order chi connectivity index (χ1) is 6.72. The minimum atomic E-state index is 0.280. The molecule has 1 heteroatoms. The summed E-state index contributed by atoms with van der Waals surface area (Å²) in [5.74, 6) is 0. The first-order valence-electron chi connectivity index (χ1n) is 6.26. The third-order valence-corrected chi connectivity index (χ3v) is 4.55. The Morgan fingerprint density at radius 2 is 1.93 bits per heavy atom. The Kier molecular flexibility index (Phi) is 2.68. The number of rotatable bonds is 2. The third kappa shape index (κ3) is 1.41. The van der Waals surface area contributed by atoms with E-state index in [4.69, 9.17) is 4.99 Å². The molecule has 1 nitrogen and oxygen atoms in total. The summed E-state index contributed by atoms with van der Waals surface area (Å²) in [5, 5.41) is 0. The Balaban J connectivity index is 2.17. The molecule has 0 radical (unpaired) electrons. The Morgan fingerprint density at radius 3 is 2.57 bits per heavy atom. The summed E-state index contributed by atoms with van der Waals surface area (Å²) in [5.41, 5.74) is 0.837. The first kappa shape index (κ1) is 10.2. The van der Waals surface area contributed by atoms with Gasteiger partial charge in [0.25, 0.3) is 0 Å². The van der Waals surface area contributed by atoms with Crippen molar-refractivity contribution < 1.29 is 0 Å². The van der Waals surface area contributed by atoms with Crippen molar-refractivity contribution in [2.24, 2.45) is 10.4 Å². The van der Waals surface area contributed by atoms with Gasteiger partial charge in [0.1, 0.15) is 0 Å². The largest absolute Gasteiger partial charge is 0.291 e. The molecule has 0 amide bonds. The third-order valence-electron chi connectivity index (χ3n) is 4.55. The summed E-state index contributed by atoms with van der Waals surface area (Å²) in [6.45, 7) is 4.68. The fourth-order valence-electron chi connectivity index (χ4n) is 3.57. The maximum absolute atomic E-state index is 4.81. The van der Waals surface area contributed by atoms with E-state index in [0.29, 0.717) is 5.41 Å². The van der Waals surface area contributed by atoms with E-state index in [1.807, 2.05) is 0 Å². The standard InChI is InChI=1S/C13H23N/c1-3-7-12(2)13(10-11-14-12)8-5-4-6-9-13/h11H,3-10H2,1-2H3. The summed E-state index contributed by atoms with van der Waals surface area (Å²) >= 11 is 0. The lowest BCUT2D eigenvalue weighted by Crippen LogP contribution is -2.42. The highest BCUT2D eigenvalue weighted by molar-refractivity contribution is 5.63. The van der Waals surface area contributed by atoms with E-state index in [0.717, 1.165) is 0 Å². The van der Waals surface area contributed by atoms with Crippen LogP contribution >= 0.6 is 0 Å². The Bertz CT molecular complexity index is 225. The molecule has 1 saturated carbocycles. The summed E-state index contributed by atoms with van der Waals surface area (Å²) < 4.78 is 0. The monoisotopic (exact) mass is 193 g/mol. The molecule has 0 N–H and O–H groups in total. The van der Waals surface area contributed by atoms with Crippen molar-refractivity contribution in [3.8, 4) is 0 Å². The van der Waals surface area contributed by atoms with Crippen LogP contribution in [0.5, 0.6) is 0 Å². The summed E-state index contributed by atoms with van der Waals surface area (Å²) in [6, 6.07) is 0. The summed E-state index contributed by atoms with van der Waals surface area (Å²) in [6.07, 6.45) is 13.2.